The Morgan fingerprint density at radius 1 is 1.04 bits per heavy atom. The molecule has 1 rings (SSSR count). The first-order valence-corrected chi connectivity index (χ1v) is 11.3. The lowest BCUT2D eigenvalue weighted by atomic mass is 10.4. The fraction of sp³-hybridized carbons (Fsp3) is 0.500. The molecule has 0 aromatic heterocycles. The highest BCUT2D eigenvalue weighted by Gasteiger charge is 2.47. The SMILES string of the molecule is CC(C)OP(=O)(OC(C)C)/C(=N\S(=O)(=O)c1ccccc1)C(Cl)(Cl)Cl. The Hall–Kier alpha value is -0.140. The lowest BCUT2D eigenvalue weighted by Crippen LogP contribution is -2.26. The maximum atomic E-state index is 13.2. The molecule has 6 nitrogen and oxygen atoms in total. The lowest BCUT2D eigenvalue weighted by molar-refractivity contribution is 0.152. The van der Waals surface area contributed by atoms with Crippen molar-refractivity contribution in [2.75, 3.05) is 0 Å². The van der Waals surface area contributed by atoms with Crippen LogP contribution in [0.2, 0.25) is 0 Å². The van der Waals surface area contributed by atoms with E-state index in [4.69, 9.17) is 43.9 Å². The molecule has 11 heteroatoms. The van der Waals surface area contributed by atoms with E-state index in [1.807, 2.05) is 0 Å². The van der Waals surface area contributed by atoms with Crippen molar-refractivity contribution in [1.82, 2.24) is 0 Å². The first-order valence-electron chi connectivity index (χ1n) is 7.22. The predicted molar refractivity (Wildman–Crippen MR) is 101 cm³/mol. The fourth-order valence-electron chi connectivity index (χ4n) is 1.70. The van der Waals surface area contributed by atoms with Gasteiger partial charge in [-0.05, 0) is 39.8 Å². The number of halogens is 3. The highest BCUT2D eigenvalue weighted by atomic mass is 35.6. The van der Waals surface area contributed by atoms with E-state index in [0.29, 0.717) is 0 Å². The van der Waals surface area contributed by atoms with Crippen molar-refractivity contribution in [3.63, 3.8) is 0 Å². The van der Waals surface area contributed by atoms with E-state index in [9.17, 15) is 13.0 Å². The number of nitrogens with zero attached hydrogens (tertiary/aromatic N) is 1. The maximum Gasteiger partial charge on any atom is 0.381 e. The summed E-state index contributed by atoms with van der Waals surface area (Å²) in [5.41, 5.74) is -0.809. The number of hydrogen-bond donors (Lipinski definition) is 0. The summed E-state index contributed by atoms with van der Waals surface area (Å²) in [6.07, 6.45) is -1.19. The van der Waals surface area contributed by atoms with E-state index in [1.165, 1.54) is 24.3 Å². The van der Waals surface area contributed by atoms with Crippen molar-refractivity contribution >= 4 is 57.9 Å². The summed E-state index contributed by atoms with van der Waals surface area (Å²) in [5.74, 6) is 0. The van der Waals surface area contributed by atoms with Crippen LogP contribution >= 0.6 is 42.4 Å². The van der Waals surface area contributed by atoms with Gasteiger partial charge in [-0.25, -0.2) is 0 Å². The van der Waals surface area contributed by atoms with Crippen LogP contribution in [-0.2, 0) is 23.6 Å². The van der Waals surface area contributed by atoms with Crippen molar-refractivity contribution in [2.24, 2.45) is 4.40 Å². The summed E-state index contributed by atoms with van der Waals surface area (Å²) in [6.45, 7) is 6.33. The van der Waals surface area contributed by atoms with Crippen LogP contribution in [-0.4, -0.2) is 29.9 Å². The molecule has 0 saturated heterocycles. The molecule has 0 aliphatic rings. The smallest absolute Gasteiger partial charge is 0.301 e. The first kappa shape index (κ1) is 22.9. The van der Waals surface area contributed by atoms with E-state index in [1.54, 1.807) is 33.8 Å². The molecule has 0 atom stereocenters. The molecule has 0 heterocycles. The molecule has 142 valence electrons. The van der Waals surface area contributed by atoms with Crippen LogP contribution in [0.4, 0.5) is 0 Å². The molecule has 1 aromatic carbocycles. The molecular formula is C14H19Cl3NO5PS. The number of benzene rings is 1. The molecule has 0 amide bonds. The average molecular weight is 451 g/mol. The zero-order valence-corrected chi connectivity index (χ0v) is 18.0. The zero-order chi connectivity index (χ0) is 19.5. The molecule has 0 fully saturated rings. The van der Waals surface area contributed by atoms with Gasteiger partial charge in [0.05, 0.1) is 17.1 Å². The molecule has 0 unspecified atom stereocenters. The topological polar surface area (TPSA) is 82.0 Å². The summed E-state index contributed by atoms with van der Waals surface area (Å²) < 4.78 is 49.9. The normalized spacial score (nSPS) is 14.4. The molecular weight excluding hydrogens is 432 g/mol. The van der Waals surface area contributed by atoms with E-state index >= 15 is 0 Å². The molecule has 1 aromatic rings. The van der Waals surface area contributed by atoms with Gasteiger partial charge >= 0.3 is 7.60 Å². The van der Waals surface area contributed by atoms with E-state index in [-0.39, 0.29) is 4.90 Å². The minimum Gasteiger partial charge on any atom is -0.301 e. The van der Waals surface area contributed by atoms with Crippen molar-refractivity contribution in [1.29, 1.82) is 0 Å². The Labute approximate surface area is 163 Å². The average Bonchev–Trinajstić information content (AvgIpc) is 2.42. The van der Waals surface area contributed by atoms with Gasteiger partial charge < -0.3 is 9.05 Å². The Kier molecular flexibility index (Phi) is 7.97. The largest absolute Gasteiger partial charge is 0.381 e. The van der Waals surface area contributed by atoms with Crippen molar-refractivity contribution in [3.05, 3.63) is 30.3 Å². The van der Waals surface area contributed by atoms with Crippen LogP contribution < -0.4 is 0 Å². The minimum absolute atomic E-state index is 0.151. The number of rotatable bonds is 7. The van der Waals surface area contributed by atoms with Gasteiger partial charge in [0.25, 0.3) is 10.0 Å². The van der Waals surface area contributed by atoms with Crippen molar-refractivity contribution in [2.45, 2.75) is 48.6 Å². The second-order valence-corrected chi connectivity index (χ2v) is 11.2. The van der Waals surface area contributed by atoms with E-state index < -0.39 is 39.1 Å². The van der Waals surface area contributed by atoms with Crippen LogP contribution in [0, 0.1) is 0 Å². The van der Waals surface area contributed by atoms with Crippen LogP contribution in [0.15, 0.2) is 39.6 Å². The Bertz CT molecular complexity index is 746. The Morgan fingerprint density at radius 3 is 1.84 bits per heavy atom. The quantitative estimate of drug-likeness (QED) is 0.324. The molecule has 0 bridgehead atoms. The maximum absolute atomic E-state index is 13.2. The van der Waals surface area contributed by atoms with Crippen LogP contribution in [0.5, 0.6) is 0 Å². The number of sulfonamides is 1. The highest BCUT2D eigenvalue weighted by Crippen LogP contribution is 2.58. The molecule has 0 spiro atoms. The van der Waals surface area contributed by atoms with Crippen LogP contribution in [0.3, 0.4) is 0 Å². The van der Waals surface area contributed by atoms with Crippen molar-refractivity contribution in [3.8, 4) is 0 Å². The third-order valence-electron chi connectivity index (χ3n) is 2.46. The lowest BCUT2D eigenvalue weighted by Gasteiger charge is -2.26. The summed E-state index contributed by atoms with van der Waals surface area (Å²) in [7, 11) is -8.60. The number of alkyl halides is 3. The molecule has 0 saturated carbocycles. The first-order chi connectivity index (χ1) is 11.3. The van der Waals surface area contributed by atoms with Gasteiger partial charge in [0, 0.05) is 0 Å². The third-order valence-corrected chi connectivity index (χ3v) is 7.17. The summed E-state index contributed by atoms with van der Waals surface area (Å²) in [4.78, 5) is -0.151. The summed E-state index contributed by atoms with van der Waals surface area (Å²) >= 11 is 17.5. The second kappa shape index (κ2) is 8.70. The molecule has 25 heavy (non-hydrogen) atoms. The third kappa shape index (κ3) is 6.83. The molecule has 0 aliphatic carbocycles. The minimum atomic E-state index is -4.31. The molecule has 0 N–H and O–H groups in total. The number of hydrogen-bond acceptors (Lipinski definition) is 5. The van der Waals surface area contributed by atoms with Crippen LogP contribution in [0.25, 0.3) is 0 Å². The van der Waals surface area contributed by atoms with Crippen LogP contribution in [0.1, 0.15) is 27.7 Å². The standard InChI is InChI=1S/C14H19Cl3NO5PS/c1-10(2)22-24(19,23-11(3)4)13(14(15,16)17)18-25(20,21)12-8-6-5-7-9-12/h5-11H,1-4H3/b18-13-. The highest BCUT2D eigenvalue weighted by molar-refractivity contribution is 7.91. The Balaban J connectivity index is 3.58. The fourth-order valence-corrected chi connectivity index (χ4v) is 6.27. The monoisotopic (exact) mass is 449 g/mol. The van der Waals surface area contributed by atoms with Gasteiger partial charge in [-0.2, -0.15) is 12.8 Å². The summed E-state index contributed by atoms with van der Waals surface area (Å²) in [5, 5.41) is 0. The molecule has 0 aliphatic heterocycles. The van der Waals surface area contributed by atoms with Gasteiger partial charge in [-0.3, -0.25) is 4.57 Å². The van der Waals surface area contributed by atoms with Gasteiger partial charge in [-0.1, -0.05) is 53.0 Å². The van der Waals surface area contributed by atoms with E-state index in [2.05, 4.69) is 4.40 Å². The summed E-state index contributed by atoms with van der Waals surface area (Å²) in [6, 6.07) is 7.27. The Morgan fingerprint density at radius 2 is 1.48 bits per heavy atom. The zero-order valence-electron chi connectivity index (χ0n) is 14.0. The van der Waals surface area contributed by atoms with Gasteiger partial charge in [-0.15, -0.1) is 0 Å². The second-order valence-electron chi connectivity index (χ2n) is 5.51. The van der Waals surface area contributed by atoms with Crippen molar-refractivity contribution < 1.29 is 22.0 Å². The van der Waals surface area contributed by atoms with E-state index in [0.717, 1.165) is 0 Å². The van der Waals surface area contributed by atoms with Gasteiger partial charge in [0.15, 0.2) is 5.45 Å². The van der Waals surface area contributed by atoms with Gasteiger partial charge in [0.2, 0.25) is 3.79 Å². The molecule has 0 radical (unpaired) electrons. The van der Waals surface area contributed by atoms with Gasteiger partial charge in [0.1, 0.15) is 0 Å². The predicted octanol–water partition coefficient (Wildman–Crippen LogP) is 5.19.